The van der Waals surface area contributed by atoms with E-state index in [0.29, 0.717) is 6.54 Å². The number of hydrogen-bond donors (Lipinski definition) is 1. The van der Waals surface area contributed by atoms with Crippen molar-refractivity contribution in [2.24, 2.45) is 5.73 Å². The van der Waals surface area contributed by atoms with Crippen molar-refractivity contribution >= 4 is 23.4 Å². The number of halogens is 1. The van der Waals surface area contributed by atoms with Crippen molar-refractivity contribution in [2.45, 2.75) is 35.6 Å². The maximum absolute atomic E-state index is 6.01. The summed E-state index contributed by atoms with van der Waals surface area (Å²) >= 11 is 7.79. The van der Waals surface area contributed by atoms with Gasteiger partial charge in [-0.1, -0.05) is 29.4 Å². The van der Waals surface area contributed by atoms with Gasteiger partial charge in [0.2, 0.25) is 0 Å². The lowest BCUT2D eigenvalue weighted by molar-refractivity contribution is 0.911. The zero-order chi connectivity index (χ0) is 13.2. The molecule has 0 saturated carbocycles. The van der Waals surface area contributed by atoms with E-state index in [0.717, 1.165) is 10.6 Å². The Morgan fingerprint density at radius 1 is 1.05 bits per heavy atom. The maximum Gasteiger partial charge on any atom is 0.0410 e. The third-order valence-electron chi connectivity index (χ3n) is 3.54. The van der Waals surface area contributed by atoms with E-state index < -0.39 is 0 Å². The molecule has 98 valence electrons. The van der Waals surface area contributed by atoms with Crippen LogP contribution in [-0.2, 0) is 19.4 Å². The SMILES string of the molecule is NCc1cc(Cl)ccc1Sc1ccc2c(c1)CCC2. The summed E-state index contributed by atoms with van der Waals surface area (Å²) in [6.45, 7) is 0.522. The van der Waals surface area contributed by atoms with Gasteiger partial charge in [-0.3, -0.25) is 0 Å². The highest BCUT2D eigenvalue weighted by Gasteiger charge is 2.12. The summed E-state index contributed by atoms with van der Waals surface area (Å²) in [7, 11) is 0. The molecule has 2 aromatic carbocycles. The van der Waals surface area contributed by atoms with E-state index in [1.807, 2.05) is 12.1 Å². The number of fused-ring (bicyclic) bond motifs is 1. The second-order valence-electron chi connectivity index (χ2n) is 4.84. The van der Waals surface area contributed by atoms with Gasteiger partial charge in [-0.2, -0.15) is 0 Å². The average molecular weight is 290 g/mol. The molecule has 3 rings (SSSR count). The Balaban J connectivity index is 1.89. The summed E-state index contributed by atoms with van der Waals surface area (Å²) in [6, 6.07) is 12.7. The van der Waals surface area contributed by atoms with Crippen LogP contribution in [0.3, 0.4) is 0 Å². The first kappa shape index (κ1) is 13.0. The van der Waals surface area contributed by atoms with E-state index in [-0.39, 0.29) is 0 Å². The number of rotatable bonds is 3. The standard InChI is InChI=1S/C16H16ClNS/c17-14-5-7-16(13(8-14)10-18)19-15-6-4-11-2-1-3-12(11)9-15/h4-9H,1-3,10,18H2. The quantitative estimate of drug-likeness (QED) is 0.904. The number of benzene rings is 2. The monoisotopic (exact) mass is 289 g/mol. The van der Waals surface area contributed by atoms with Crippen LogP contribution in [0.25, 0.3) is 0 Å². The van der Waals surface area contributed by atoms with E-state index in [1.165, 1.54) is 40.2 Å². The summed E-state index contributed by atoms with van der Waals surface area (Å²) in [5.41, 5.74) is 9.92. The molecule has 0 saturated heterocycles. The van der Waals surface area contributed by atoms with Gasteiger partial charge in [0, 0.05) is 21.4 Å². The van der Waals surface area contributed by atoms with Gasteiger partial charge in [-0.05, 0) is 66.3 Å². The van der Waals surface area contributed by atoms with Crippen molar-refractivity contribution < 1.29 is 0 Å². The Morgan fingerprint density at radius 3 is 2.74 bits per heavy atom. The minimum absolute atomic E-state index is 0.522. The molecule has 19 heavy (non-hydrogen) atoms. The molecule has 2 N–H and O–H groups in total. The van der Waals surface area contributed by atoms with Gasteiger partial charge in [0.05, 0.1) is 0 Å². The van der Waals surface area contributed by atoms with Crippen LogP contribution < -0.4 is 5.73 Å². The lowest BCUT2D eigenvalue weighted by atomic mass is 10.1. The van der Waals surface area contributed by atoms with Crippen LogP contribution in [0.1, 0.15) is 23.1 Å². The molecule has 3 heteroatoms. The zero-order valence-electron chi connectivity index (χ0n) is 10.7. The summed E-state index contributed by atoms with van der Waals surface area (Å²) in [5, 5.41) is 0.749. The van der Waals surface area contributed by atoms with E-state index in [2.05, 4.69) is 24.3 Å². The van der Waals surface area contributed by atoms with Crippen molar-refractivity contribution in [2.75, 3.05) is 0 Å². The second-order valence-corrected chi connectivity index (χ2v) is 6.39. The lowest BCUT2D eigenvalue weighted by Gasteiger charge is -2.09. The molecule has 0 amide bonds. The Kier molecular flexibility index (Phi) is 3.83. The van der Waals surface area contributed by atoms with Gasteiger partial charge in [0.15, 0.2) is 0 Å². The molecule has 0 heterocycles. The highest BCUT2D eigenvalue weighted by molar-refractivity contribution is 7.99. The van der Waals surface area contributed by atoms with Crippen LogP contribution in [0.2, 0.25) is 5.02 Å². The van der Waals surface area contributed by atoms with Crippen molar-refractivity contribution in [1.29, 1.82) is 0 Å². The molecule has 0 spiro atoms. The topological polar surface area (TPSA) is 26.0 Å². The molecule has 0 fully saturated rings. The number of nitrogens with two attached hydrogens (primary N) is 1. The molecule has 0 unspecified atom stereocenters. The third kappa shape index (κ3) is 2.81. The summed E-state index contributed by atoms with van der Waals surface area (Å²) in [5.74, 6) is 0. The van der Waals surface area contributed by atoms with Crippen molar-refractivity contribution in [3.63, 3.8) is 0 Å². The fourth-order valence-electron chi connectivity index (χ4n) is 2.55. The summed E-state index contributed by atoms with van der Waals surface area (Å²) in [4.78, 5) is 2.49. The van der Waals surface area contributed by atoms with Gasteiger partial charge in [0.25, 0.3) is 0 Å². The Morgan fingerprint density at radius 2 is 1.89 bits per heavy atom. The van der Waals surface area contributed by atoms with E-state index in [9.17, 15) is 0 Å². The first-order valence-electron chi connectivity index (χ1n) is 6.54. The van der Waals surface area contributed by atoms with Gasteiger partial charge in [-0.25, -0.2) is 0 Å². The van der Waals surface area contributed by atoms with Crippen molar-refractivity contribution in [3.8, 4) is 0 Å². The van der Waals surface area contributed by atoms with E-state index in [1.54, 1.807) is 11.8 Å². The molecule has 1 aliphatic carbocycles. The number of aryl methyl sites for hydroxylation is 2. The van der Waals surface area contributed by atoms with Crippen molar-refractivity contribution in [1.82, 2.24) is 0 Å². The molecule has 2 aromatic rings. The van der Waals surface area contributed by atoms with Crippen LogP contribution in [0, 0.1) is 0 Å². The van der Waals surface area contributed by atoms with Crippen LogP contribution in [-0.4, -0.2) is 0 Å². The molecule has 0 bridgehead atoms. The molecular weight excluding hydrogens is 274 g/mol. The normalized spacial score (nSPS) is 13.6. The van der Waals surface area contributed by atoms with Crippen LogP contribution in [0.15, 0.2) is 46.2 Å². The fraction of sp³-hybridized carbons (Fsp3) is 0.250. The highest BCUT2D eigenvalue weighted by Crippen LogP contribution is 2.34. The summed E-state index contributed by atoms with van der Waals surface area (Å²) in [6.07, 6.45) is 3.74. The van der Waals surface area contributed by atoms with Gasteiger partial charge in [-0.15, -0.1) is 0 Å². The Bertz CT molecular complexity index is 610. The van der Waals surface area contributed by atoms with Crippen LogP contribution in [0.5, 0.6) is 0 Å². The molecule has 0 atom stereocenters. The largest absolute Gasteiger partial charge is 0.326 e. The molecule has 1 nitrogen and oxygen atoms in total. The Hall–Kier alpha value is -0.960. The van der Waals surface area contributed by atoms with Gasteiger partial charge >= 0.3 is 0 Å². The van der Waals surface area contributed by atoms with Crippen LogP contribution >= 0.6 is 23.4 Å². The average Bonchev–Trinajstić information content (AvgIpc) is 2.88. The van der Waals surface area contributed by atoms with Crippen LogP contribution in [0.4, 0.5) is 0 Å². The first-order chi connectivity index (χ1) is 9.26. The smallest absolute Gasteiger partial charge is 0.0410 e. The predicted octanol–water partition coefficient (Wildman–Crippen LogP) is 4.44. The molecule has 0 radical (unpaired) electrons. The molecule has 0 aromatic heterocycles. The lowest BCUT2D eigenvalue weighted by Crippen LogP contribution is -1.98. The summed E-state index contributed by atoms with van der Waals surface area (Å²) < 4.78 is 0. The second kappa shape index (κ2) is 5.58. The minimum Gasteiger partial charge on any atom is -0.326 e. The third-order valence-corrected chi connectivity index (χ3v) is 4.88. The Labute approximate surface area is 123 Å². The molecular formula is C16H16ClNS. The number of hydrogen-bond acceptors (Lipinski definition) is 2. The zero-order valence-corrected chi connectivity index (χ0v) is 12.2. The van der Waals surface area contributed by atoms with Gasteiger partial charge < -0.3 is 5.73 Å². The van der Waals surface area contributed by atoms with E-state index in [4.69, 9.17) is 17.3 Å². The van der Waals surface area contributed by atoms with E-state index >= 15 is 0 Å². The highest BCUT2D eigenvalue weighted by atomic mass is 35.5. The molecule has 1 aliphatic rings. The predicted molar refractivity (Wildman–Crippen MR) is 81.9 cm³/mol. The minimum atomic E-state index is 0.522. The fourth-order valence-corrected chi connectivity index (χ4v) is 3.74. The first-order valence-corrected chi connectivity index (χ1v) is 7.74. The maximum atomic E-state index is 6.01. The van der Waals surface area contributed by atoms with Gasteiger partial charge in [0.1, 0.15) is 0 Å². The van der Waals surface area contributed by atoms with Crippen molar-refractivity contribution in [3.05, 3.63) is 58.1 Å². The molecule has 0 aliphatic heterocycles.